The number of hydrogen-bond acceptors (Lipinski definition) is 10. The van der Waals surface area contributed by atoms with Gasteiger partial charge in [-0.1, -0.05) is 24.9 Å². The van der Waals surface area contributed by atoms with Crippen LogP contribution in [0.3, 0.4) is 0 Å². The molecule has 6 heterocycles. The summed E-state index contributed by atoms with van der Waals surface area (Å²) in [6.07, 6.45) is 7.60. The van der Waals surface area contributed by atoms with Crippen molar-refractivity contribution >= 4 is 35.8 Å². The fourth-order valence-corrected chi connectivity index (χ4v) is 8.56. The van der Waals surface area contributed by atoms with Crippen molar-refractivity contribution in [1.82, 2.24) is 34.8 Å². The zero-order valence-corrected chi connectivity index (χ0v) is 30.3. The summed E-state index contributed by atoms with van der Waals surface area (Å²) in [5.74, 6) is -0.0186. The highest BCUT2D eigenvalue weighted by atomic mass is 28.3. The molecule has 0 aliphatic carbocycles. The van der Waals surface area contributed by atoms with E-state index in [0.29, 0.717) is 55.0 Å². The fourth-order valence-electron chi connectivity index (χ4n) is 7.81. The highest BCUT2D eigenvalue weighted by Gasteiger charge is 2.45. The van der Waals surface area contributed by atoms with E-state index in [9.17, 15) is 5.11 Å². The van der Waals surface area contributed by atoms with Crippen LogP contribution in [0.15, 0.2) is 12.3 Å². The number of ether oxygens (including phenoxy) is 2. The Morgan fingerprint density at radius 3 is 2.50 bits per heavy atom. The number of aromatic nitrogens is 6. The van der Waals surface area contributed by atoms with Crippen LogP contribution < -0.4 is 9.64 Å². The van der Waals surface area contributed by atoms with E-state index in [1.165, 1.54) is 0 Å². The van der Waals surface area contributed by atoms with Gasteiger partial charge in [0.05, 0.1) is 22.0 Å². The number of benzene rings is 1. The third-order valence-electron chi connectivity index (χ3n) is 10.7. The summed E-state index contributed by atoms with van der Waals surface area (Å²) < 4.78 is 31.2. The lowest BCUT2D eigenvalue weighted by molar-refractivity contribution is 0.0447. The summed E-state index contributed by atoms with van der Waals surface area (Å²) in [4.78, 5) is 18.8. The molecule has 1 N–H and O–H groups in total. The summed E-state index contributed by atoms with van der Waals surface area (Å²) in [6, 6.07) is 3.23. The zero-order valence-electron chi connectivity index (χ0n) is 29.3. The molecule has 3 aliphatic heterocycles. The molecule has 1 aromatic carbocycles. The van der Waals surface area contributed by atoms with Crippen LogP contribution in [0.2, 0.25) is 25.7 Å². The number of hydrogen-bond donors (Lipinski definition) is 1. The Kier molecular flexibility index (Phi) is 8.70. The molecular weight excluding hydrogens is 628 g/mol. The third kappa shape index (κ3) is 6.30. The molecule has 0 spiro atoms. The van der Waals surface area contributed by atoms with Gasteiger partial charge in [-0.3, -0.25) is 9.88 Å². The Morgan fingerprint density at radius 2 is 1.77 bits per heavy atom. The topological polar surface area (TPSA) is 115 Å². The van der Waals surface area contributed by atoms with Gasteiger partial charge in [-0.05, 0) is 95.6 Å². The Morgan fingerprint density at radius 1 is 1.02 bits per heavy atom. The predicted octanol–water partition coefficient (Wildman–Crippen LogP) is 5.86. The Labute approximate surface area is 282 Å². The first kappa shape index (κ1) is 33.2. The maximum absolute atomic E-state index is 17.0. The number of piperidine rings is 1. The second-order valence-electron chi connectivity index (χ2n) is 15.7. The van der Waals surface area contributed by atoms with Crippen LogP contribution in [-0.2, 0) is 11.5 Å². The van der Waals surface area contributed by atoms with Crippen molar-refractivity contribution < 1.29 is 19.0 Å². The maximum atomic E-state index is 17.0. The molecule has 0 amide bonds. The summed E-state index contributed by atoms with van der Waals surface area (Å²) in [6.45, 7) is 17.4. The number of β-amino-alcohol motifs (C(OH)–C–C–N with tert-alkyl or cyclic N) is 1. The van der Waals surface area contributed by atoms with Crippen molar-refractivity contribution in [3.05, 3.63) is 29.2 Å². The molecule has 0 radical (unpaired) electrons. The van der Waals surface area contributed by atoms with Crippen LogP contribution in [0, 0.1) is 19.7 Å². The number of aryl methyl sites for hydroxylation is 1. The van der Waals surface area contributed by atoms with Crippen molar-refractivity contribution in [2.24, 2.45) is 0 Å². The second kappa shape index (κ2) is 12.6. The first-order chi connectivity index (χ1) is 22.8. The molecule has 3 aromatic heterocycles. The maximum Gasteiger partial charge on any atom is 0.319 e. The number of aliphatic hydroxyl groups is 1. The highest BCUT2D eigenvalue weighted by Crippen LogP contribution is 2.41. The number of pyridine rings is 1. The van der Waals surface area contributed by atoms with Gasteiger partial charge in [0.15, 0.2) is 5.82 Å². The molecule has 4 aromatic rings. The number of nitrogens with zero attached hydrogens (tertiary/aromatic N) is 8. The predicted molar refractivity (Wildman–Crippen MR) is 188 cm³/mol. The lowest BCUT2D eigenvalue weighted by atomic mass is 9.95. The molecule has 1 atom stereocenters. The molecule has 258 valence electrons. The van der Waals surface area contributed by atoms with Gasteiger partial charge in [-0.25, -0.2) is 9.07 Å². The van der Waals surface area contributed by atoms with Gasteiger partial charge >= 0.3 is 6.01 Å². The molecule has 13 heteroatoms. The molecule has 0 unspecified atom stereocenters. The van der Waals surface area contributed by atoms with Crippen molar-refractivity contribution in [2.45, 2.75) is 103 Å². The van der Waals surface area contributed by atoms with Crippen LogP contribution >= 0.6 is 0 Å². The van der Waals surface area contributed by atoms with Crippen LogP contribution in [0.4, 0.5) is 10.2 Å². The minimum Gasteiger partial charge on any atom is -0.461 e. The molecule has 7 rings (SSSR count). The van der Waals surface area contributed by atoms with Crippen LogP contribution in [0.5, 0.6) is 6.01 Å². The van der Waals surface area contributed by atoms with Crippen LogP contribution in [-0.4, -0.2) is 98.6 Å². The number of halogens is 1. The van der Waals surface area contributed by atoms with E-state index in [1.807, 2.05) is 31.7 Å². The SMILES string of the molecule is Cc1cc2c(nnn2COCC[Si](C)(C)C)c(-c2ncc3c(N4CCC[C@@](C)(O)C4)nc(OCC45CCCN4CCC5)nc3c2F)c1C. The monoisotopic (exact) mass is 676 g/mol. The Hall–Kier alpha value is -3.26. The smallest absolute Gasteiger partial charge is 0.319 e. The van der Waals surface area contributed by atoms with Crippen molar-refractivity contribution in [3.63, 3.8) is 0 Å². The van der Waals surface area contributed by atoms with Gasteiger partial charge in [-0.15, -0.1) is 5.10 Å². The number of anilines is 1. The fraction of sp³-hybridized carbons (Fsp3) is 0.629. The van der Waals surface area contributed by atoms with Crippen LogP contribution in [0.1, 0.15) is 56.6 Å². The van der Waals surface area contributed by atoms with Gasteiger partial charge in [-0.2, -0.15) is 9.97 Å². The molecule has 3 aliphatic rings. The largest absolute Gasteiger partial charge is 0.461 e. The Bertz CT molecular complexity index is 1830. The van der Waals surface area contributed by atoms with E-state index in [1.54, 1.807) is 10.9 Å². The molecular formula is C35H49FN8O3Si. The Balaban J connectivity index is 1.30. The van der Waals surface area contributed by atoms with Crippen molar-refractivity contribution in [3.8, 4) is 17.3 Å². The average Bonchev–Trinajstić information content (AvgIpc) is 3.73. The van der Waals surface area contributed by atoms with E-state index < -0.39 is 19.5 Å². The lowest BCUT2D eigenvalue weighted by Crippen LogP contribution is -2.46. The van der Waals surface area contributed by atoms with Crippen molar-refractivity contribution in [2.75, 3.05) is 44.3 Å². The summed E-state index contributed by atoms with van der Waals surface area (Å²) in [5.41, 5.74) is 3.19. The summed E-state index contributed by atoms with van der Waals surface area (Å²) in [7, 11) is -1.23. The average molecular weight is 677 g/mol. The van der Waals surface area contributed by atoms with E-state index >= 15 is 4.39 Å². The van der Waals surface area contributed by atoms with Gasteiger partial charge in [0.25, 0.3) is 0 Å². The second-order valence-corrected chi connectivity index (χ2v) is 21.4. The number of rotatable bonds is 10. The molecule has 3 saturated heterocycles. The van der Waals surface area contributed by atoms with E-state index in [0.717, 1.165) is 67.9 Å². The molecule has 0 bridgehead atoms. The molecule has 3 fully saturated rings. The number of fused-ring (bicyclic) bond motifs is 3. The van der Waals surface area contributed by atoms with Gasteiger partial charge < -0.3 is 19.5 Å². The minimum atomic E-state index is -1.23. The lowest BCUT2D eigenvalue weighted by Gasteiger charge is -2.38. The first-order valence-corrected chi connectivity index (χ1v) is 21.2. The van der Waals surface area contributed by atoms with Crippen molar-refractivity contribution in [1.29, 1.82) is 0 Å². The normalized spacial score (nSPS) is 21.5. The van der Waals surface area contributed by atoms with Gasteiger partial charge in [0.1, 0.15) is 35.9 Å². The van der Waals surface area contributed by atoms with Crippen LogP contribution in [0.25, 0.3) is 33.2 Å². The molecule has 11 nitrogen and oxygen atoms in total. The standard InChI is InChI=1S/C35H49FN8O3Si/c1-23-18-26-30(40-41-44(26)22-46-16-17-48(4,5)6)27(24(23)2)31-28(36)29-25(19-37-31)32(42-13-7-10-34(3,45)20-42)39-33(38-29)47-21-35-11-8-14-43(35)15-9-12-35/h18-19,45H,7-17,20-22H2,1-6H3/t34-/m1/s1. The minimum absolute atomic E-state index is 0.0102. The van der Waals surface area contributed by atoms with E-state index in [-0.39, 0.29) is 29.5 Å². The van der Waals surface area contributed by atoms with E-state index in [2.05, 4.69) is 34.9 Å². The van der Waals surface area contributed by atoms with Gasteiger partial charge in [0.2, 0.25) is 0 Å². The van der Waals surface area contributed by atoms with Gasteiger partial charge in [0, 0.05) is 39.5 Å². The third-order valence-corrected chi connectivity index (χ3v) is 12.4. The first-order valence-electron chi connectivity index (χ1n) is 17.5. The van der Waals surface area contributed by atoms with E-state index in [4.69, 9.17) is 24.4 Å². The molecule has 48 heavy (non-hydrogen) atoms. The highest BCUT2D eigenvalue weighted by molar-refractivity contribution is 6.76. The molecule has 0 saturated carbocycles. The quantitative estimate of drug-likeness (QED) is 0.162. The summed E-state index contributed by atoms with van der Waals surface area (Å²) >= 11 is 0. The summed E-state index contributed by atoms with van der Waals surface area (Å²) in [5, 5.41) is 20.4. The zero-order chi connectivity index (χ0) is 33.8.